The highest BCUT2D eigenvalue weighted by Gasteiger charge is 2.39. The Bertz CT molecular complexity index is 1080. The van der Waals surface area contributed by atoms with Gasteiger partial charge in [0.05, 0.1) is 23.3 Å². The number of allylic oxidation sites excluding steroid dienone is 3. The van der Waals surface area contributed by atoms with Crippen molar-refractivity contribution >= 4 is 17.5 Å². The van der Waals surface area contributed by atoms with Gasteiger partial charge < -0.3 is 10.1 Å². The molecule has 1 aromatic heterocycles. The van der Waals surface area contributed by atoms with Crippen molar-refractivity contribution in [2.45, 2.75) is 38.0 Å². The van der Waals surface area contributed by atoms with Crippen LogP contribution in [0.25, 0.3) is 0 Å². The summed E-state index contributed by atoms with van der Waals surface area (Å²) in [6.07, 6.45) is 7.16. The number of rotatable bonds is 4. The quantitative estimate of drug-likeness (QED) is 0.353. The maximum atomic E-state index is 12.8. The van der Waals surface area contributed by atoms with E-state index in [1.165, 1.54) is 19.2 Å². The number of nitro groups is 1. The number of hydrogen-bond donors (Lipinski definition) is 1. The third-order valence-corrected chi connectivity index (χ3v) is 5.88. The van der Waals surface area contributed by atoms with Crippen LogP contribution in [0.5, 0.6) is 0 Å². The van der Waals surface area contributed by atoms with Crippen LogP contribution in [-0.4, -0.2) is 27.8 Å². The van der Waals surface area contributed by atoms with Crippen LogP contribution in [0.4, 0.5) is 11.5 Å². The SMILES string of the molecule is COC(=O)C1=C(C)Nc2c(c(C3CC=CCC3)nn2C)C1c1cccc([N+](=O)[O-])c1. The Hall–Kier alpha value is -3.42. The number of carbonyl (C=O) groups is 1. The molecule has 156 valence electrons. The molecule has 2 aliphatic rings. The number of nitro benzene ring substituents is 1. The summed E-state index contributed by atoms with van der Waals surface area (Å²) >= 11 is 0. The molecule has 0 spiro atoms. The van der Waals surface area contributed by atoms with Gasteiger partial charge in [-0.2, -0.15) is 5.10 Å². The highest BCUT2D eigenvalue weighted by molar-refractivity contribution is 5.94. The van der Waals surface area contributed by atoms with Crippen LogP contribution in [-0.2, 0) is 16.6 Å². The molecule has 8 nitrogen and oxygen atoms in total. The number of aromatic nitrogens is 2. The minimum Gasteiger partial charge on any atom is -0.466 e. The molecular formula is C22H24N4O4. The fraction of sp³-hybridized carbons (Fsp3) is 0.364. The summed E-state index contributed by atoms with van der Waals surface area (Å²) in [4.78, 5) is 23.8. The van der Waals surface area contributed by atoms with Crippen molar-refractivity contribution in [2.24, 2.45) is 7.05 Å². The molecule has 0 fully saturated rings. The van der Waals surface area contributed by atoms with E-state index in [1.54, 1.807) is 10.7 Å². The lowest BCUT2D eigenvalue weighted by Gasteiger charge is -2.29. The number of ether oxygens (including phenoxy) is 1. The molecule has 4 rings (SSSR count). The second kappa shape index (κ2) is 7.78. The van der Waals surface area contributed by atoms with E-state index < -0.39 is 16.8 Å². The third-order valence-electron chi connectivity index (χ3n) is 5.88. The smallest absolute Gasteiger partial charge is 0.336 e. The van der Waals surface area contributed by atoms with Crippen LogP contribution >= 0.6 is 0 Å². The minimum atomic E-state index is -0.497. The van der Waals surface area contributed by atoms with E-state index in [-0.39, 0.29) is 11.6 Å². The fourth-order valence-electron chi connectivity index (χ4n) is 4.48. The normalized spacial score (nSPS) is 20.5. The second-order valence-corrected chi connectivity index (χ2v) is 7.69. The fourth-order valence-corrected chi connectivity index (χ4v) is 4.48. The number of esters is 1. The van der Waals surface area contributed by atoms with Crippen LogP contribution in [0.3, 0.4) is 0 Å². The van der Waals surface area contributed by atoms with Crippen LogP contribution in [0.2, 0.25) is 0 Å². The molecule has 1 aliphatic carbocycles. The molecule has 0 radical (unpaired) electrons. The van der Waals surface area contributed by atoms with Gasteiger partial charge in [0.15, 0.2) is 0 Å². The van der Waals surface area contributed by atoms with Crippen LogP contribution in [0.15, 0.2) is 47.7 Å². The molecule has 2 aromatic rings. The molecule has 1 aliphatic heterocycles. The third kappa shape index (κ3) is 3.28. The average Bonchev–Trinajstić information content (AvgIpc) is 3.09. The van der Waals surface area contributed by atoms with Gasteiger partial charge in [-0.05, 0) is 31.7 Å². The Balaban J connectivity index is 1.95. The lowest BCUT2D eigenvalue weighted by molar-refractivity contribution is -0.384. The number of nitrogens with one attached hydrogen (secondary N) is 1. The number of carbonyl (C=O) groups excluding carboxylic acids is 1. The van der Waals surface area contributed by atoms with Gasteiger partial charge in [0.25, 0.3) is 5.69 Å². The van der Waals surface area contributed by atoms with Gasteiger partial charge in [0.2, 0.25) is 0 Å². The topological polar surface area (TPSA) is 99.3 Å². The predicted molar refractivity (Wildman–Crippen MR) is 112 cm³/mol. The molecule has 0 amide bonds. The van der Waals surface area contributed by atoms with Gasteiger partial charge >= 0.3 is 5.97 Å². The van der Waals surface area contributed by atoms with E-state index in [0.717, 1.165) is 36.3 Å². The van der Waals surface area contributed by atoms with Gasteiger partial charge in [0, 0.05) is 42.3 Å². The van der Waals surface area contributed by atoms with Gasteiger partial charge in [-0.3, -0.25) is 14.8 Å². The Morgan fingerprint density at radius 3 is 2.83 bits per heavy atom. The largest absolute Gasteiger partial charge is 0.466 e. The summed E-state index contributed by atoms with van der Waals surface area (Å²) in [7, 11) is 3.22. The number of nitrogens with zero attached hydrogens (tertiary/aromatic N) is 3. The van der Waals surface area contributed by atoms with E-state index in [0.29, 0.717) is 16.8 Å². The number of methoxy groups -OCH3 is 1. The molecule has 1 N–H and O–H groups in total. The van der Waals surface area contributed by atoms with Crippen molar-refractivity contribution in [1.29, 1.82) is 0 Å². The number of benzene rings is 1. The van der Waals surface area contributed by atoms with Crippen LogP contribution < -0.4 is 5.32 Å². The Labute approximate surface area is 174 Å². The summed E-state index contributed by atoms with van der Waals surface area (Å²) in [6.45, 7) is 1.82. The van der Waals surface area contributed by atoms with E-state index in [1.807, 2.05) is 20.0 Å². The van der Waals surface area contributed by atoms with Crippen LogP contribution in [0.1, 0.15) is 54.8 Å². The molecule has 2 unspecified atom stereocenters. The first-order chi connectivity index (χ1) is 14.4. The predicted octanol–water partition coefficient (Wildman–Crippen LogP) is 4.16. The molecule has 2 atom stereocenters. The van der Waals surface area contributed by atoms with Crippen molar-refractivity contribution in [2.75, 3.05) is 12.4 Å². The highest BCUT2D eigenvalue weighted by atomic mass is 16.6. The van der Waals surface area contributed by atoms with Crippen molar-refractivity contribution in [3.05, 3.63) is 74.6 Å². The van der Waals surface area contributed by atoms with E-state index >= 15 is 0 Å². The molecular weight excluding hydrogens is 384 g/mol. The first kappa shape index (κ1) is 19.9. The second-order valence-electron chi connectivity index (χ2n) is 7.69. The first-order valence-corrected chi connectivity index (χ1v) is 9.94. The molecule has 2 heterocycles. The monoisotopic (exact) mass is 408 g/mol. The Morgan fingerprint density at radius 1 is 1.37 bits per heavy atom. The zero-order valence-corrected chi connectivity index (χ0v) is 17.2. The minimum absolute atomic E-state index is 0.0134. The molecule has 8 heteroatoms. The summed E-state index contributed by atoms with van der Waals surface area (Å²) in [5.74, 6) is 0.0789. The maximum Gasteiger partial charge on any atom is 0.336 e. The van der Waals surface area contributed by atoms with Crippen LogP contribution in [0, 0.1) is 10.1 Å². The summed E-state index contributed by atoms with van der Waals surface area (Å²) in [6, 6.07) is 6.46. The van der Waals surface area contributed by atoms with Gasteiger partial charge in [-0.1, -0.05) is 24.3 Å². The molecule has 30 heavy (non-hydrogen) atoms. The lowest BCUT2D eigenvalue weighted by Crippen LogP contribution is -2.25. The zero-order chi connectivity index (χ0) is 21.4. The van der Waals surface area contributed by atoms with Gasteiger partial charge in [-0.25, -0.2) is 4.79 Å². The first-order valence-electron chi connectivity index (χ1n) is 9.94. The molecule has 1 aromatic carbocycles. The number of non-ortho nitro benzene ring substituents is 1. The van der Waals surface area contributed by atoms with Gasteiger partial charge in [0.1, 0.15) is 5.82 Å². The molecule has 0 bridgehead atoms. The lowest BCUT2D eigenvalue weighted by atomic mass is 9.78. The Morgan fingerprint density at radius 2 is 2.17 bits per heavy atom. The maximum absolute atomic E-state index is 12.8. The number of aryl methyl sites for hydroxylation is 1. The van der Waals surface area contributed by atoms with Crippen molar-refractivity contribution < 1.29 is 14.5 Å². The van der Waals surface area contributed by atoms with Crippen molar-refractivity contribution in [3.63, 3.8) is 0 Å². The van der Waals surface area contributed by atoms with E-state index in [4.69, 9.17) is 9.84 Å². The van der Waals surface area contributed by atoms with E-state index in [9.17, 15) is 14.9 Å². The number of hydrogen-bond acceptors (Lipinski definition) is 6. The average molecular weight is 408 g/mol. The molecule has 0 saturated heterocycles. The van der Waals surface area contributed by atoms with E-state index in [2.05, 4.69) is 17.5 Å². The van der Waals surface area contributed by atoms with Gasteiger partial charge in [-0.15, -0.1) is 0 Å². The summed E-state index contributed by atoms with van der Waals surface area (Å²) in [5.41, 5.74) is 3.59. The Kier molecular flexibility index (Phi) is 5.15. The van der Waals surface area contributed by atoms with Crippen molar-refractivity contribution in [1.82, 2.24) is 9.78 Å². The zero-order valence-electron chi connectivity index (χ0n) is 17.2. The summed E-state index contributed by atoms with van der Waals surface area (Å²) < 4.78 is 6.88. The standard InChI is InChI=1S/C22H24N4O4/c1-13-17(22(27)30-3)18(15-10-7-11-16(12-15)26(28)29)19-20(14-8-5-4-6-9-14)24-25(2)21(19)23-13/h4-5,7,10-12,14,18,23H,6,8-9H2,1-3H3. The summed E-state index contributed by atoms with van der Waals surface area (Å²) in [5, 5.41) is 19.5. The number of fused-ring (bicyclic) bond motifs is 1. The molecule has 0 saturated carbocycles. The highest BCUT2D eigenvalue weighted by Crippen LogP contribution is 2.47. The number of anilines is 1. The van der Waals surface area contributed by atoms with Crippen molar-refractivity contribution in [3.8, 4) is 0 Å².